The first-order chi connectivity index (χ1) is 14.7. The summed E-state index contributed by atoms with van der Waals surface area (Å²) in [7, 11) is 0. The Balaban J connectivity index is 1.45. The zero-order valence-electron chi connectivity index (χ0n) is 16.7. The highest BCUT2D eigenvalue weighted by Gasteiger charge is 2.07. The minimum Gasteiger partial charge on any atom is -0.492 e. The van der Waals surface area contributed by atoms with Crippen LogP contribution >= 0.6 is 0 Å². The van der Waals surface area contributed by atoms with E-state index in [0.717, 1.165) is 22.2 Å². The van der Waals surface area contributed by atoms with Crippen molar-refractivity contribution in [2.45, 2.75) is 13.5 Å². The second kappa shape index (κ2) is 9.05. The maximum Gasteiger partial charge on any atom is 0.271 e. The minimum atomic E-state index is -0.274. The topological polar surface area (TPSA) is 68.5 Å². The molecule has 0 saturated carbocycles. The van der Waals surface area contributed by atoms with Gasteiger partial charge in [-0.05, 0) is 37.3 Å². The van der Waals surface area contributed by atoms with Crippen LogP contribution in [-0.2, 0) is 6.54 Å². The van der Waals surface area contributed by atoms with Gasteiger partial charge in [-0.2, -0.15) is 5.10 Å². The summed E-state index contributed by atoms with van der Waals surface area (Å²) < 4.78 is 8.00. The first-order valence-electron chi connectivity index (χ1n) is 9.71. The fraction of sp³-hybridized carbons (Fsp3) is 0.125. The van der Waals surface area contributed by atoms with Crippen LogP contribution in [0.15, 0.2) is 84.4 Å². The number of carbonyl (C=O) groups excluding carboxylic acids is 1. The maximum atomic E-state index is 12.1. The molecule has 2 aromatic carbocycles. The molecule has 0 spiro atoms. The first kappa shape index (κ1) is 19.4. The highest BCUT2D eigenvalue weighted by Crippen LogP contribution is 2.20. The zero-order chi connectivity index (χ0) is 20.8. The molecule has 0 aliphatic rings. The van der Waals surface area contributed by atoms with Crippen LogP contribution in [0.1, 0.15) is 21.5 Å². The average Bonchev–Trinajstić information content (AvgIpc) is 3.13. The van der Waals surface area contributed by atoms with E-state index < -0.39 is 0 Å². The Morgan fingerprint density at radius 3 is 2.67 bits per heavy atom. The molecule has 6 nitrogen and oxygen atoms in total. The molecule has 30 heavy (non-hydrogen) atoms. The molecule has 150 valence electrons. The summed E-state index contributed by atoms with van der Waals surface area (Å²) in [4.78, 5) is 16.0. The van der Waals surface area contributed by atoms with Crippen LogP contribution in [0.2, 0.25) is 0 Å². The van der Waals surface area contributed by atoms with E-state index >= 15 is 0 Å². The number of hydrogen-bond donors (Lipinski definition) is 1. The van der Waals surface area contributed by atoms with Crippen molar-refractivity contribution < 1.29 is 9.53 Å². The quantitative estimate of drug-likeness (QED) is 0.375. The van der Waals surface area contributed by atoms with Crippen LogP contribution in [-0.4, -0.2) is 28.3 Å². The SMILES string of the molecule is Cc1ccc(OCCn2cc(C=NNC(=O)c3ccncc3)c3ccccc32)cc1. The molecule has 0 aliphatic heterocycles. The number of para-hydroxylation sites is 1. The van der Waals surface area contributed by atoms with E-state index in [1.807, 2.05) is 48.7 Å². The van der Waals surface area contributed by atoms with Gasteiger partial charge in [-0.1, -0.05) is 35.9 Å². The monoisotopic (exact) mass is 398 g/mol. The fourth-order valence-electron chi connectivity index (χ4n) is 3.19. The number of aryl methyl sites for hydroxylation is 1. The molecule has 0 unspecified atom stereocenters. The largest absolute Gasteiger partial charge is 0.492 e. The van der Waals surface area contributed by atoms with Gasteiger partial charge in [-0.3, -0.25) is 9.78 Å². The second-order valence-electron chi connectivity index (χ2n) is 6.89. The van der Waals surface area contributed by atoms with Crippen LogP contribution < -0.4 is 10.2 Å². The Labute approximate surface area is 174 Å². The molecule has 0 radical (unpaired) electrons. The number of benzene rings is 2. The van der Waals surface area contributed by atoms with Gasteiger partial charge in [0.25, 0.3) is 5.91 Å². The number of carbonyl (C=O) groups is 1. The van der Waals surface area contributed by atoms with Gasteiger partial charge in [0.05, 0.1) is 12.8 Å². The van der Waals surface area contributed by atoms with Gasteiger partial charge < -0.3 is 9.30 Å². The number of aromatic nitrogens is 2. The van der Waals surface area contributed by atoms with Gasteiger partial charge in [-0.25, -0.2) is 5.43 Å². The van der Waals surface area contributed by atoms with Crippen molar-refractivity contribution in [2.24, 2.45) is 5.10 Å². The van der Waals surface area contributed by atoms with Gasteiger partial charge in [0.15, 0.2) is 0 Å². The predicted molar refractivity (Wildman–Crippen MR) is 118 cm³/mol. The van der Waals surface area contributed by atoms with Crippen LogP contribution in [0, 0.1) is 6.92 Å². The van der Waals surface area contributed by atoms with Crippen molar-refractivity contribution in [1.82, 2.24) is 15.0 Å². The lowest BCUT2D eigenvalue weighted by Gasteiger charge is -2.08. The lowest BCUT2D eigenvalue weighted by atomic mass is 10.2. The number of nitrogens with zero attached hydrogens (tertiary/aromatic N) is 3. The van der Waals surface area contributed by atoms with Crippen molar-refractivity contribution in [3.63, 3.8) is 0 Å². The zero-order valence-corrected chi connectivity index (χ0v) is 16.7. The van der Waals surface area contributed by atoms with E-state index in [9.17, 15) is 4.79 Å². The summed E-state index contributed by atoms with van der Waals surface area (Å²) in [5, 5.41) is 5.19. The molecule has 2 heterocycles. The summed E-state index contributed by atoms with van der Waals surface area (Å²) in [5.74, 6) is 0.585. The Morgan fingerprint density at radius 2 is 1.87 bits per heavy atom. The summed E-state index contributed by atoms with van der Waals surface area (Å²) in [6.45, 7) is 3.31. The Kier molecular flexibility index (Phi) is 5.85. The third-order valence-electron chi connectivity index (χ3n) is 4.75. The van der Waals surface area contributed by atoms with Gasteiger partial charge >= 0.3 is 0 Å². The number of rotatable bonds is 7. The summed E-state index contributed by atoms with van der Waals surface area (Å²) in [6.07, 6.45) is 6.83. The van der Waals surface area contributed by atoms with Crippen LogP contribution in [0.5, 0.6) is 5.75 Å². The molecule has 0 atom stereocenters. The van der Waals surface area contributed by atoms with Crippen molar-refractivity contribution in [1.29, 1.82) is 0 Å². The third-order valence-corrected chi connectivity index (χ3v) is 4.75. The molecule has 4 aromatic rings. The van der Waals surface area contributed by atoms with Crippen molar-refractivity contribution in [3.8, 4) is 5.75 Å². The van der Waals surface area contributed by atoms with Crippen LogP contribution in [0.4, 0.5) is 0 Å². The molecule has 0 saturated heterocycles. The smallest absolute Gasteiger partial charge is 0.271 e. The lowest BCUT2D eigenvalue weighted by Crippen LogP contribution is -2.17. The van der Waals surface area contributed by atoms with Crippen LogP contribution in [0.25, 0.3) is 10.9 Å². The number of amides is 1. The fourth-order valence-corrected chi connectivity index (χ4v) is 3.19. The molecule has 0 fully saturated rings. The van der Waals surface area contributed by atoms with Crippen molar-refractivity contribution >= 4 is 23.0 Å². The van der Waals surface area contributed by atoms with Gasteiger partial charge in [0.2, 0.25) is 0 Å². The second-order valence-corrected chi connectivity index (χ2v) is 6.89. The predicted octanol–water partition coefficient (Wildman–Crippen LogP) is 4.19. The summed E-state index contributed by atoms with van der Waals surface area (Å²) in [6, 6.07) is 19.4. The summed E-state index contributed by atoms with van der Waals surface area (Å²) in [5.41, 5.74) is 6.29. The van der Waals surface area contributed by atoms with E-state index in [2.05, 4.69) is 33.1 Å². The summed E-state index contributed by atoms with van der Waals surface area (Å²) >= 11 is 0. The molecule has 2 aromatic heterocycles. The number of ether oxygens (including phenoxy) is 1. The van der Waals surface area contributed by atoms with Crippen LogP contribution in [0.3, 0.4) is 0 Å². The third kappa shape index (κ3) is 4.55. The van der Waals surface area contributed by atoms with E-state index in [-0.39, 0.29) is 5.91 Å². The van der Waals surface area contributed by atoms with E-state index in [4.69, 9.17) is 4.74 Å². The number of hydrogen-bond acceptors (Lipinski definition) is 4. The normalized spacial score (nSPS) is 11.1. The van der Waals surface area contributed by atoms with Gasteiger partial charge in [0, 0.05) is 40.6 Å². The molecular formula is C24H22N4O2. The highest BCUT2D eigenvalue weighted by atomic mass is 16.5. The Hall–Kier alpha value is -3.93. The lowest BCUT2D eigenvalue weighted by molar-refractivity contribution is 0.0955. The van der Waals surface area contributed by atoms with Gasteiger partial charge in [-0.15, -0.1) is 0 Å². The highest BCUT2D eigenvalue weighted by molar-refractivity contribution is 6.00. The molecule has 0 bridgehead atoms. The molecule has 0 aliphatic carbocycles. The first-order valence-corrected chi connectivity index (χ1v) is 9.71. The molecule has 1 N–H and O–H groups in total. The minimum absolute atomic E-state index is 0.274. The number of pyridine rings is 1. The molecular weight excluding hydrogens is 376 g/mol. The Morgan fingerprint density at radius 1 is 1.10 bits per heavy atom. The Bertz CT molecular complexity index is 1170. The molecule has 4 rings (SSSR count). The van der Waals surface area contributed by atoms with E-state index in [1.165, 1.54) is 5.56 Å². The van der Waals surface area contributed by atoms with Gasteiger partial charge in [0.1, 0.15) is 12.4 Å². The van der Waals surface area contributed by atoms with Crippen molar-refractivity contribution in [3.05, 3.63) is 95.9 Å². The van der Waals surface area contributed by atoms with Crippen molar-refractivity contribution in [2.75, 3.05) is 6.61 Å². The van der Waals surface area contributed by atoms with E-state index in [0.29, 0.717) is 18.7 Å². The molecule has 6 heteroatoms. The number of nitrogens with one attached hydrogen (secondary N) is 1. The number of fused-ring (bicyclic) bond motifs is 1. The maximum absolute atomic E-state index is 12.1. The van der Waals surface area contributed by atoms with E-state index in [1.54, 1.807) is 30.7 Å². The number of hydrazone groups is 1. The average molecular weight is 398 g/mol. The standard InChI is InChI=1S/C24H22N4O2/c1-18-6-8-21(9-7-18)30-15-14-28-17-20(22-4-2-3-5-23(22)28)16-26-27-24(29)19-10-12-25-13-11-19/h2-13,16-17H,14-15H2,1H3,(H,27,29). The molecule has 1 amide bonds.